The first kappa shape index (κ1) is 86.9. The van der Waals surface area contributed by atoms with Crippen LogP contribution in [-0.2, 0) is 121 Å². The number of hydrogen-bond donors (Lipinski definition) is 0. The third kappa shape index (κ3) is 61.5. The van der Waals surface area contributed by atoms with E-state index >= 15 is 0 Å². The smallest absolute Gasteiger partial charge is 0.850 e. The normalized spacial score (nSPS) is 10.7. The largest absolute Gasteiger partial charge is 2.00 e. The molecular formula is C72H123O2PS2Zn3. The van der Waals surface area contributed by atoms with Gasteiger partial charge < -0.3 is 27.7 Å². The Kier molecular flexibility index (Phi) is 74.5. The molecule has 0 amide bonds. The van der Waals surface area contributed by atoms with Crippen LogP contribution < -0.4 is 9.79 Å². The molecule has 2 nitrogen and oxygen atoms in total. The molecule has 0 heterocycles. The standard InChI is InChI=1S/3C24H41.H3O2PS2.3Zn/c3*1-3-5-7-9-11-13-15-19-23-21-17-18-22-24(23)20-16-14-12-10-8-6-4-2;1-3(2,4)5;;;/h3*17-18,21H,3-16,19-20H2,1-2H3;(H3,1,2,4,5);;;/q3*-1;;3*+2/p-3. The third-order valence-corrected chi connectivity index (χ3v) is 15.4. The van der Waals surface area contributed by atoms with E-state index in [0.717, 1.165) is 0 Å². The zero-order valence-corrected chi connectivity index (χ0v) is 65.3. The van der Waals surface area contributed by atoms with Crippen LogP contribution in [0.3, 0.4) is 0 Å². The molecule has 80 heavy (non-hydrogen) atoms. The van der Waals surface area contributed by atoms with Gasteiger partial charge >= 0.3 is 58.4 Å². The predicted octanol–water partition coefficient (Wildman–Crippen LogP) is 22.7. The Balaban J connectivity index is -0.000000509. The van der Waals surface area contributed by atoms with Crippen molar-refractivity contribution in [1.82, 2.24) is 0 Å². The van der Waals surface area contributed by atoms with Crippen molar-refractivity contribution in [3.63, 3.8) is 0 Å². The Labute approximate surface area is 549 Å². The van der Waals surface area contributed by atoms with Gasteiger partial charge in [0.05, 0.1) is 0 Å². The summed E-state index contributed by atoms with van der Waals surface area (Å²) in [7, 11) is 0. The molecule has 3 rings (SSSR count). The quantitative estimate of drug-likeness (QED) is 0.0186. The summed E-state index contributed by atoms with van der Waals surface area (Å²) in [6.07, 6.45) is 66.2. The van der Waals surface area contributed by atoms with E-state index < -0.39 is 5.69 Å². The van der Waals surface area contributed by atoms with Gasteiger partial charge in [0.15, 0.2) is 0 Å². The van der Waals surface area contributed by atoms with Crippen molar-refractivity contribution in [3.8, 4) is 0 Å². The molecule has 3 aromatic rings. The fourth-order valence-electron chi connectivity index (χ4n) is 10.5. The average Bonchev–Trinajstić information content (AvgIpc) is 3.42. The van der Waals surface area contributed by atoms with Crippen LogP contribution >= 0.6 is 5.69 Å². The molecule has 0 atom stereocenters. The zero-order chi connectivity index (χ0) is 56.4. The van der Waals surface area contributed by atoms with Crippen molar-refractivity contribution in [3.05, 3.63) is 106 Å². The third-order valence-electron chi connectivity index (χ3n) is 15.4. The maximum Gasteiger partial charge on any atom is 2.00 e. The number of benzene rings is 3. The summed E-state index contributed by atoms with van der Waals surface area (Å²) >= 11 is 7.28. The topological polar surface area (TPSA) is 46.1 Å². The fraction of sp³-hybridized carbons (Fsp3) is 0.750. The zero-order valence-electron chi connectivity index (χ0n) is 53.8. The van der Waals surface area contributed by atoms with Crippen molar-refractivity contribution >= 4 is 29.7 Å². The van der Waals surface area contributed by atoms with Gasteiger partial charge in [0.25, 0.3) is 0 Å². The van der Waals surface area contributed by atoms with Gasteiger partial charge in [0.1, 0.15) is 0 Å². The van der Waals surface area contributed by atoms with E-state index in [2.05, 4.69) is 138 Å². The van der Waals surface area contributed by atoms with E-state index in [4.69, 9.17) is 0 Å². The molecule has 0 aromatic heterocycles. The Morgan fingerprint density at radius 2 is 0.450 bits per heavy atom. The molecule has 446 valence electrons. The Hall–Kier alpha value is 0.450. The second-order valence-corrected chi connectivity index (χ2v) is 27.2. The monoisotopic (exact) mass is 1310 g/mol. The van der Waals surface area contributed by atoms with Crippen molar-refractivity contribution in [2.75, 3.05) is 0 Å². The summed E-state index contributed by atoms with van der Waals surface area (Å²) in [5, 5.41) is 0. The Bertz CT molecular complexity index is 1410. The Morgan fingerprint density at radius 1 is 0.300 bits per heavy atom. The first-order chi connectivity index (χ1) is 37.6. The van der Waals surface area contributed by atoms with E-state index in [1.165, 1.54) is 325 Å². The van der Waals surface area contributed by atoms with Gasteiger partial charge in [0.2, 0.25) is 0 Å². The molecule has 0 fully saturated rings. The van der Waals surface area contributed by atoms with Crippen LogP contribution in [0.2, 0.25) is 0 Å². The summed E-state index contributed by atoms with van der Waals surface area (Å²) < 4.78 is 0. The molecule has 0 radical (unpaired) electrons. The fourth-order valence-corrected chi connectivity index (χ4v) is 10.5. The molecule has 0 spiro atoms. The first-order valence-corrected chi connectivity index (χ1v) is 37.0. The van der Waals surface area contributed by atoms with Crippen LogP contribution in [0.5, 0.6) is 0 Å². The van der Waals surface area contributed by atoms with E-state index in [0.29, 0.717) is 0 Å². The van der Waals surface area contributed by atoms with Gasteiger partial charge in [-0.2, -0.15) is 118 Å². The van der Waals surface area contributed by atoms with Crippen molar-refractivity contribution in [2.45, 2.75) is 350 Å². The van der Waals surface area contributed by atoms with Crippen molar-refractivity contribution in [2.24, 2.45) is 0 Å². The molecule has 0 unspecified atom stereocenters. The van der Waals surface area contributed by atoms with Crippen LogP contribution in [-0.4, -0.2) is 0 Å². The number of hydrogen-bond acceptors (Lipinski definition) is 4. The van der Waals surface area contributed by atoms with E-state index in [9.17, 15) is 9.79 Å². The van der Waals surface area contributed by atoms with Gasteiger partial charge in [-0.05, 0) is 0 Å². The minimum absolute atomic E-state index is 0. The van der Waals surface area contributed by atoms with Gasteiger partial charge in [-0.25, -0.2) is 0 Å². The van der Waals surface area contributed by atoms with Gasteiger partial charge in [-0.3, -0.25) is 0 Å². The molecular weight excluding hydrogens is 1190 g/mol. The summed E-state index contributed by atoms with van der Waals surface area (Å²) in [5.41, 5.74) is 5.47. The molecule has 8 heteroatoms. The summed E-state index contributed by atoms with van der Waals surface area (Å²) in [6, 6.07) is 30.4. The molecule has 0 bridgehead atoms. The minimum atomic E-state index is -3.72. The van der Waals surface area contributed by atoms with Crippen molar-refractivity contribution < 1.29 is 68.2 Å². The molecule has 0 saturated heterocycles. The van der Waals surface area contributed by atoms with E-state index in [-0.39, 0.29) is 58.4 Å². The van der Waals surface area contributed by atoms with Crippen LogP contribution in [0.25, 0.3) is 0 Å². The summed E-state index contributed by atoms with van der Waals surface area (Å²) in [5.74, 6) is 0. The second-order valence-electron chi connectivity index (χ2n) is 22.7. The van der Waals surface area contributed by atoms with Crippen LogP contribution in [0, 0.1) is 18.2 Å². The summed E-state index contributed by atoms with van der Waals surface area (Å²) in [4.78, 5) is 18.6. The first-order valence-electron chi connectivity index (χ1n) is 33.3. The molecule has 0 aliphatic carbocycles. The number of aryl methyl sites for hydroxylation is 6. The number of rotatable bonds is 48. The van der Waals surface area contributed by atoms with Crippen molar-refractivity contribution in [1.29, 1.82) is 0 Å². The molecule has 0 aliphatic heterocycles. The van der Waals surface area contributed by atoms with Crippen LogP contribution in [0.4, 0.5) is 0 Å². The maximum atomic E-state index is 9.29. The Morgan fingerprint density at radius 3 is 0.625 bits per heavy atom. The molecule has 0 saturated carbocycles. The maximum absolute atomic E-state index is 9.29. The van der Waals surface area contributed by atoms with Gasteiger partial charge in [-0.1, -0.05) is 350 Å². The molecule has 0 N–H and O–H groups in total. The molecule has 3 aromatic carbocycles. The average molecular weight is 1310 g/mol. The number of unbranched alkanes of at least 4 members (excludes halogenated alkanes) is 36. The van der Waals surface area contributed by atoms with Gasteiger partial charge in [0, 0.05) is 0 Å². The molecule has 0 aliphatic rings. The van der Waals surface area contributed by atoms with Crippen LogP contribution in [0.15, 0.2) is 54.6 Å². The second kappa shape index (κ2) is 68.6. The van der Waals surface area contributed by atoms with E-state index in [1.54, 1.807) is 16.7 Å². The van der Waals surface area contributed by atoms with Gasteiger partial charge in [-0.15, -0.1) is 0 Å². The minimum Gasteiger partial charge on any atom is -0.850 e. The SMILES string of the molecule is CCCCCCCCCc1[c-]cccc1CCCCCCCCC.CCCCCCCCCc1[c-]cccc1CCCCCCCCC.CCCCCCCCCc1[c-]cccc1CCCCCCCCC.[O-]P([O-])(=S)[S-].[Zn+2].[Zn+2].[Zn+2]. The van der Waals surface area contributed by atoms with E-state index in [1.807, 2.05) is 0 Å². The van der Waals surface area contributed by atoms with Crippen LogP contribution in [0.1, 0.15) is 345 Å². The predicted molar refractivity (Wildman–Crippen MR) is 348 cm³/mol. The summed E-state index contributed by atoms with van der Waals surface area (Å²) in [6.45, 7) is 13.7.